The van der Waals surface area contributed by atoms with Gasteiger partial charge in [-0.2, -0.15) is 4.73 Å². The minimum absolute atomic E-state index is 0.768. The van der Waals surface area contributed by atoms with Gasteiger partial charge in [-0.05, 0) is 18.2 Å². The molecule has 0 aliphatic rings. The van der Waals surface area contributed by atoms with Crippen molar-refractivity contribution in [2.75, 3.05) is 0 Å². The lowest BCUT2D eigenvalue weighted by atomic mass is 10.2. The van der Waals surface area contributed by atoms with Crippen LogP contribution in [-0.4, -0.2) is 4.98 Å². The molecule has 2 aromatic heterocycles. The number of nitrogens with zero attached hydrogens (tertiary/aromatic N) is 2. The summed E-state index contributed by atoms with van der Waals surface area (Å²) < 4.78 is 0.768. The van der Waals surface area contributed by atoms with Gasteiger partial charge >= 0.3 is 0 Å². The highest BCUT2D eigenvalue weighted by Gasteiger charge is 2.00. The van der Waals surface area contributed by atoms with Gasteiger partial charge in [0.05, 0.1) is 11.3 Å². The van der Waals surface area contributed by atoms with Crippen molar-refractivity contribution in [1.29, 1.82) is 0 Å². The van der Waals surface area contributed by atoms with Crippen LogP contribution < -0.4 is 4.73 Å². The average molecular weight is 172 g/mol. The summed E-state index contributed by atoms with van der Waals surface area (Å²) in [5.74, 6) is 0. The molecule has 0 N–H and O–H groups in total. The first-order valence-electron chi connectivity index (χ1n) is 3.96. The predicted molar refractivity (Wildman–Crippen MR) is 48.6 cm³/mol. The summed E-state index contributed by atoms with van der Waals surface area (Å²) in [6.07, 6.45) is 4.66. The molecule has 0 amide bonds. The molecular formula is C10H8N2O. The zero-order valence-corrected chi connectivity index (χ0v) is 6.92. The van der Waals surface area contributed by atoms with E-state index in [1.54, 1.807) is 12.3 Å². The Kier molecular flexibility index (Phi) is 1.92. The molecule has 0 fully saturated rings. The van der Waals surface area contributed by atoms with E-state index in [2.05, 4.69) is 4.98 Å². The van der Waals surface area contributed by atoms with Crippen molar-refractivity contribution in [1.82, 2.24) is 4.98 Å². The van der Waals surface area contributed by atoms with Crippen LogP contribution in [0.25, 0.3) is 11.3 Å². The largest absolute Gasteiger partial charge is 0.619 e. The molecule has 3 heteroatoms. The molecular weight excluding hydrogens is 164 g/mol. The molecule has 2 aromatic rings. The van der Waals surface area contributed by atoms with Crippen LogP contribution in [0, 0.1) is 5.21 Å². The molecule has 0 saturated carbocycles. The van der Waals surface area contributed by atoms with Crippen LogP contribution in [-0.2, 0) is 0 Å². The first kappa shape index (κ1) is 7.73. The van der Waals surface area contributed by atoms with Crippen molar-refractivity contribution in [3.63, 3.8) is 0 Å². The van der Waals surface area contributed by atoms with E-state index in [0.29, 0.717) is 0 Å². The van der Waals surface area contributed by atoms with Crippen LogP contribution in [0.1, 0.15) is 0 Å². The SMILES string of the molecule is [O-][n+]1cccc(-c2ccccn2)c1. The zero-order valence-electron chi connectivity index (χ0n) is 6.92. The van der Waals surface area contributed by atoms with E-state index in [0.717, 1.165) is 16.0 Å². The summed E-state index contributed by atoms with van der Waals surface area (Å²) in [4.78, 5) is 4.14. The molecule has 2 rings (SSSR count). The van der Waals surface area contributed by atoms with Crippen molar-refractivity contribution >= 4 is 0 Å². The van der Waals surface area contributed by atoms with Crippen LogP contribution in [0.2, 0.25) is 0 Å². The number of aromatic nitrogens is 2. The maximum Gasteiger partial charge on any atom is 0.189 e. The van der Waals surface area contributed by atoms with Gasteiger partial charge in [0.1, 0.15) is 0 Å². The van der Waals surface area contributed by atoms with Crippen LogP contribution in [0.3, 0.4) is 0 Å². The van der Waals surface area contributed by atoms with Gasteiger partial charge < -0.3 is 5.21 Å². The second-order valence-corrected chi connectivity index (χ2v) is 2.67. The smallest absolute Gasteiger partial charge is 0.189 e. The van der Waals surface area contributed by atoms with E-state index < -0.39 is 0 Å². The average Bonchev–Trinajstić information content (AvgIpc) is 2.19. The summed E-state index contributed by atoms with van der Waals surface area (Å²) >= 11 is 0. The zero-order chi connectivity index (χ0) is 9.10. The van der Waals surface area contributed by atoms with Gasteiger partial charge in [0, 0.05) is 12.3 Å². The van der Waals surface area contributed by atoms with Crippen LogP contribution in [0.4, 0.5) is 0 Å². The van der Waals surface area contributed by atoms with Gasteiger partial charge in [-0.15, -0.1) is 0 Å². The molecule has 2 heterocycles. The molecule has 0 bridgehead atoms. The predicted octanol–water partition coefficient (Wildman–Crippen LogP) is 1.38. The molecule has 13 heavy (non-hydrogen) atoms. The summed E-state index contributed by atoms with van der Waals surface area (Å²) in [6.45, 7) is 0. The minimum atomic E-state index is 0.768. The van der Waals surface area contributed by atoms with Gasteiger partial charge in [0.25, 0.3) is 0 Å². The van der Waals surface area contributed by atoms with Crippen molar-refractivity contribution in [3.05, 3.63) is 54.1 Å². The molecule has 0 aromatic carbocycles. The maximum absolute atomic E-state index is 11.0. The topological polar surface area (TPSA) is 39.8 Å². The molecule has 0 aliphatic carbocycles. The van der Waals surface area contributed by atoms with Gasteiger partial charge in [-0.25, -0.2) is 0 Å². The van der Waals surface area contributed by atoms with Crippen molar-refractivity contribution in [2.24, 2.45) is 0 Å². The molecule has 0 spiro atoms. The third kappa shape index (κ3) is 1.64. The number of hydrogen-bond donors (Lipinski definition) is 0. The van der Waals surface area contributed by atoms with Gasteiger partial charge in [0.15, 0.2) is 12.4 Å². The standard InChI is InChI=1S/C10H8N2O/c13-12-7-3-4-9(8-12)10-5-1-2-6-11-10/h1-8H. The van der Waals surface area contributed by atoms with Crippen molar-refractivity contribution < 1.29 is 4.73 Å². The Morgan fingerprint density at radius 3 is 2.77 bits per heavy atom. The summed E-state index contributed by atoms with van der Waals surface area (Å²) in [5, 5.41) is 11.0. The van der Waals surface area contributed by atoms with E-state index in [4.69, 9.17) is 0 Å². The second kappa shape index (κ2) is 3.23. The van der Waals surface area contributed by atoms with E-state index in [1.165, 1.54) is 12.4 Å². The van der Waals surface area contributed by atoms with Crippen LogP contribution >= 0.6 is 0 Å². The van der Waals surface area contributed by atoms with E-state index >= 15 is 0 Å². The van der Waals surface area contributed by atoms with E-state index in [9.17, 15) is 5.21 Å². The Morgan fingerprint density at radius 1 is 1.15 bits per heavy atom. The fraction of sp³-hybridized carbons (Fsp3) is 0. The van der Waals surface area contributed by atoms with Gasteiger partial charge in [0.2, 0.25) is 0 Å². The molecule has 3 nitrogen and oxygen atoms in total. The molecule has 0 saturated heterocycles. The second-order valence-electron chi connectivity index (χ2n) is 2.67. The number of rotatable bonds is 1. The van der Waals surface area contributed by atoms with Crippen LogP contribution in [0.15, 0.2) is 48.9 Å². The summed E-state index contributed by atoms with van der Waals surface area (Å²) in [5.41, 5.74) is 1.64. The fourth-order valence-electron chi connectivity index (χ4n) is 1.14. The van der Waals surface area contributed by atoms with E-state index in [1.807, 2.05) is 24.3 Å². The minimum Gasteiger partial charge on any atom is -0.619 e. The lowest BCUT2D eigenvalue weighted by Crippen LogP contribution is -2.23. The number of pyridine rings is 2. The molecule has 64 valence electrons. The monoisotopic (exact) mass is 172 g/mol. The number of hydrogen-bond acceptors (Lipinski definition) is 2. The summed E-state index contributed by atoms with van der Waals surface area (Å²) in [6, 6.07) is 9.17. The third-order valence-corrected chi connectivity index (χ3v) is 1.74. The fourth-order valence-corrected chi connectivity index (χ4v) is 1.14. The lowest BCUT2D eigenvalue weighted by molar-refractivity contribution is -0.604. The summed E-state index contributed by atoms with van der Waals surface area (Å²) in [7, 11) is 0. The van der Waals surface area contributed by atoms with Crippen LogP contribution in [0.5, 0.6) is 0 Å². The quantitative estimate of drug-likeness (QED) is 0.481. The van der Waals surface area contributed by atoms with Gasteiger partial charge in [-0.1, -0.05) is 6.07 Å². The van der Waals surface area contributed by atoms with Crippen molar-refractivity contribution in [3.8, 4) is 11.3 Å². The first-order chi connectivity index (χ1) is 6.36. The third-order valence-electron chi connectivity index (χ3n) is 1.74. The Morgan fingerprint density at radius 2 is 2.08 bits per heavy atom. The van der Waals surface area contributed by atoms with Gasteiger partial charge in [-0.3, -0.25) is 4.98 Å². The van der Waals surface area contributed by atoms with Crippen molar-refractivity contribution in [2.45, 2.75) is 0 Å². The highest BCUT2D eigenvalue weighted by atomic mass is 16.5. The molecule has 0 radical (unpaired) electrons. The Hall–Kier alpha value is -1.90. The Labute approximate surface area is 75.9 Å². The van der Waals surface area contributed by atoms with E-state index in [-0.39, 0.29) is 0 Å². The first-order valence-corrected chi connectivity index (χ1v) is 3.96. The molecule has 0 unspecified atom stereocenters. The highest BCUT2D eigenvalue weighted by Crippen LogP contribution is 2.12. The Bertz CT molecular complexity index is 401. The normalized spacial score (nSPS) is 9.85. The highest BCUT2D eigenvalue weighted by molar-refractivity contribution is 5.56. The maximum atomic E-state index is 11.0. The molecule has 0 aliphatic heterocycles. The Balaban J connectivity index is 2.48. The molecule has 0 atom stereocenters. The lowest BCUT2D eigenvalue weighted by Gasteiger charge is -1.99.